The number of nitrogens with zero attached hydrogens (tertiary/aromatic N) is 2. The van der Waals surface area contributed by atoms with E-state index in [1.807, 2.05) is 6.92 Å². The van der Waals surface area contributed by atoms with Crippen molar-refractivity contribution in [2.75, 3.05) is 0 Å². The minimum absolute atomic E-state index is 0.578. The third kappa shape index (κ3) is 1.31. The van der Waals surface area contributed by atoms with Gasteiger partial charge in [-0.25, -0.2) is 4.98 Å². The highest BCUT2D eigenvalue weighted by Gasteiger charge is 2.06. The molecule has 0 N–H and O–H groups in total. The minimum atomic E-state index is 0.578. The highest BCUT2D eigenvalue weighted by Crippen LogP contribution is 2.19. The number of pyridine rings is 1. The van der Waals surface area contributed by atoms with E-state index in [-0.39, 0.29) is 0 Å². The lowest BCUT2D eigenvalue weighted by Crippen LogP contribution is -1.92. The normalized spacial score (nSPS) is 11.5. The third-order valence-corrected chi connectivity index (χ3v) is 2.69. The van der Waals surface area contributed by atoms with Crippen LogP contribution in [-0.4, -0.2) is 9.38 Å². The van der Waals surface area contributed by atoms with Crippen LogP contribution in [0.15, 0.2) is 18.3 Å². The van der Waals surface area contributed by atoms with Crippen LogP contribution in [0.25, 0.3) is 5.52 Å². The molecule has 14 heavy (non-hydrogen) atoms. The van der Waals surface area contributed by atoms with Crippen molar-refractivity contribution in [3.05, 3.63) is 35.4 Å². The van der Waals surface area contributed by atoms with E-state index in [2.05, 4.69) is 48.5 Å². The summed E-state index contributed by atoms with van der Waals surface area (Å²) in [4.78, 5) is 4.45. The van der Waals surface area contributed by atoms with Gasteiger partial charge in [-0.05, 0) is 37.5 Å². The molecule has 0 unspecified atom stereocenters. The molecular weight excluding hydrogens is 172 g/mol. The molecule has 2 nitrogen and oxygen atoms in total. The molecule has 2 aromatic heterocycles. The summed E-state index contributed by atoms with van der Waals surface area (Å²) in [7, 11) is 0. The van der Waals surface area contributed by atoms with Gasteiger partial charge in [0.15, 0.2) is 0 Å². The molecule has 0 saturated carbocycles. The molecule has 0 radical (unpaired) electrons. The van der Waals surface area contributed by atoms with Crippen molar-refractivity contribution in [2.24, 2.45) is 0 Å². The van der Waals surface area contributed by atoms with Crippen molar-refractivity contribution in [1.82, 2.24) is 9.38 Å². The first-order chi connectivity index (χ1) is 6.59. The van der Waals surface area contributed by atoms with E-state index in [9.17, 15) is 0 Å². The van der Waals surface area contributed by atoms with E-state index in [1.165, 1.54) is 11.1 Å². The standard InChI is InChI=1S/C12H16N2/c1-8(2)11-5-6-14-10(4)13-9(3)12(14)7-11/h5-8H,1-4H3. The Hall–Kier alpha value is -1.31. The van der Waals surface area contributed by atoms with E-state index in [1.54, 1.807) is 0 Å². The van der Waals surface area contributed by atoms with Crippen LogP contribution in [0.5, 0.6) is 0 Å². The molecule has 0 aromatic carbocycles. The number of aromatic nitrogens is 2. The zero-order valence-electron chi connectivity index (χ0n) is 9.20. The smallest absolute Gasteiger partial charge is 0.110 e. The number of rotatable bonds is 1. The summed E-state index contributed by atoms with van der Waals surface area (Å²) < 4.78 is 2.14. The van der Waals surface area contributed by atoms with Crippen LogP contribution in [0.3, 0.4) is 0 Å². The zero-order valence-corrected chi connectivity index (χ0v) is 9.20. The lowest BCUT2D eigenvalue weighted by molar-refractivity contribution is 0.862. The molecule has 0 fully saturated rings. The van der Waals surface area contributed by atoms with Crippen molar-refractivity contribution in [1.29, 1.82) is 0 Å². The molecule has 0 bridgehead atoms. The van der Waals surface area contributed by atoms with E-state index in [4.69, 9.17) is 0 Å². The molecule has 2 aromatic rings. The van der Waals surface area contributed by atoms with Gasteiger partial charge in [0, 0.05) is 6.20 Å². The zero-order chi connectivity index (χ0) is 10.3. The van der Waals surface area contributed by atoms with E-state index in [0.717, 1.165) is 11.5 Å². The maximum Gasteiger partial charge on any atom is 0.110 e. The summed E-state index contributed by atoms with van der Waals surface area (Å²) >= 11 is 0. The average Bonchev–Trinajstić information content (AvgIpc) is 2.42. The second-order valence-electron chi connectivity index (χ2n) is 4.11. The Morgan fingerprint density at radius 3 is 2.64 bits per heavy atom. The van der Waals surface area contributed by atoms with E-state index >= 15 is 0 Å². The number of hydrogen-bond acceptors (Lipinski definition) is 1. The fourth-order valence-electron chi connectivity index (χ4n) is 1.79. The van der Waals surface area contributed by atoms with Gasteiger partial charge in [0.05, 0.1) is 11.2 Å². The van der Waals surface area contributed by atoms with Crippen molar-refractivity contribution in [3.63, 3.8) is 0 Å². The van der Waals surface area contributed by atoms with Gasteiger partial charge in [0.2, 0.25) is 0 Å². The Labute approximate surface area is 84.6 Å². The van der Waals surface area contributed by atoms with E-state index in [0.29, 0.717) is 5.92 Å². The van der Waals surface area contributed by atoms with Crippen molar-refractivity contribution >= 4 is 5.52 Å². The summed E-state index contributed by atoms with van der Waals surface area (Å²) in [6, 6.07) is 4.41. The van der Waals surface area contributed by atoms with Gasteiger partial charge in [0.25, 0.3) is 0 Å². The largest absolute Gasteiger partial charge is 0.304 e. The van der Waals surface area contributed by atoms with Crippen molar-refractivity contribution in [2.45, 2.75) is 33.6 Å². The lowest BCUT2D eigenvalue weighted by Gasteiger charge is -2.06. The SMILES string of the molecule is Cc1nc(C)n2ccc(C(C)C)cc12. The second kappa shape index (κ2) is 3.12. The first-order valence-corrected chi connectivity index (χ1v) is 5.05. The summed E-state index contributed by atoms with van der Waals surface area (Å²) in [6.07, 6.45) is 2.11. The van der Waals surface area contributed by atoms with Crippen LogP contribution in [0.2, 0.25) is 0 Å². The number of fused-ring (bicyclic) bond motifs is 1. The van der Waals surface area contributed by atoms with Gasteiger partial charge in [-0.2, -0.15) is 0 Å². The molecule has 0 saturated heterocycles. The van der Waals surface area contributed by atoms with Gasteiger partial charge >= 0.3 is 0 Å². The Morgan fingerprint density at radius 2 is 2.00 bits per heavy atom. The molecule has 0 atom stereocenters. The lowest BCUT2D eigenvalue weighted by atomic mass is 10.0. The molecule has 2 heteroatoms. The van der Waals surface area contributed by atoms with Crippen LogP contribution in [-0.2, 0) is 0 Å². The minimum Gasteiger partial charge on any atom is -0.304 e. The monoisotopic (exact) mass is 188 g/mol. The van der Waals surface area contributed by atoms with Gasteiger partial charge in [0.1, 0.15) is 5.82 Å². The highest BCUT2D eigenvalue weighted by molar-refractivity contribution is 5.54. The van der Waals surface area contributed by atoms with Crippen LogP contribution in [0.1, 0.15) is 36.8 Å². The first kappa shape index (κ1) is 9.25. The summed E-state index contributed by atoms with van der Waals surface area (Å²) in [6.45, 7) is 8.52. The number of aryl methyl sites for hydroxylation is 2. The topological polar surface area (TPSA) is 17.3 Å². The molecule has 2 heterocycles. The maximum absolute atomic E-state index is 4.45. The molecule has 0 aliphatic rings. The van der Waals surface area contributed by atoms with Crippen LogP contribution in [0.4, 0.5) is 0 Å². The Bertz CT molecular complexity index is 466. The highest BCUT2D eigenvalue weighted by atomic mass is 15.0. The number of imidazole rings is 1. The Balaban J connectivity index is 2.71. The summed E-state index contributed by atoms with van der Waals surface area (Å²) in [5.41, 5.74) is 3.72. The van der Waals surface area contributed by atoms with Gasteiger partial charge in [-0.15, -0.1) is 0 Å². The van der Waals surface area contributed by atoms with Crippen molar-refractivity contribution in [3.8, 4) is 0 Å². The number of hydrogen-bond donors (Lipinski definition) is 0. The maximum atomic E-state index is 4.45. The van der Waals surface area contributed by atoms with E-state index < -0.39 is 0 Å². The predicted octanol–water partition coefficient (Wildman–Crippen LogP) is 3.07. The van der Waals surface area contributed by atoms with Gasteiger partial charge in [-0.1, -0.05) is 13.8 Å². The first-order valence-electron chi connectivity index (χ1n) is 5.05. The molecule has 0 spiro atoms. The van der Waals surface area contributed by atoms with Gasteiger partial charge < -0.3 is 4.40 Å². The molecule has 74 valence electrons. The molecule has 0 amide bonds. The summed E-state index contributed by atoms with van der Waals surface area (Å²) in [5, 5.41) is 0. The van der Waals surface area contributed by atoms with Crippen LogP contribution < -0.4 is 0 Å². The second-order valence-corrected chi connectivity index (χ2v) is 4.11. The molecule has 0 aliphatic heterocycles. The fourth-order valence-corrected chi connectivity index (χ4v) is 1.79. The third-order valence-electron chi connectivity index (χ3n) is 2.69. The van der Waals surface area contributed by atoms with Gasteiger partial charge in [-0.3, -0.25) is 0 Å². The Morgan fingerprint density at radius 1 is 1.29 bits per heavy atom. The van der Waals surface area contributed by atoms with Crippen LogP contribution >= 0.6 is 0 Å². The average molecular weight is 188 g/mol. The predicted molar refractivity (Wildman–Crippen MR) is 58.8 cm³/mol. The summed E-state index contributed by atoms with van der Waals surface area (Å²) in [5.74, 6) is 1.64. The molecule has 0 aliphatic carbocycles. The Kier molecular flexibility index (Phi) is 2.06. The quantitative estimate of drug-likeness (QED) is 0.672. The van der Waals surface area contributed by atoms with Crippen molar-refractivity contribution < 1.29 is 0 Å². The van der Waals surface area contributed by atoms with Crippen LogP contribution in [0, 0.1) is 13.8 Å². The molecule has 2 rings (SSSR count). The molecular formula is C12H16N2. The fraction of sp³-hybridized carbons (Fsp3) is 0.417.